The first-order chi connectivity index (χ1) is 14.7. The van der Waals surface area contributed by atoms with Crippen LogP contribution in [0.5, 0.6) is 5.75 Å². The lowest BCUT2D eigenvalue weighted by Gasteiger charge is -2.34. The van der Waals surface area contributed by atoms with Gasteiger partial charge in [0.2, 0.25) is 5.91 Å². The van der Waals surface area contributed by atoms with Crippen molar-refractivity contribution in [3.8, 4) is 16.3 Å². The van der Waals surface area contributed by atoms with Gasteiger partial charge in [-0.2, -0.15) is 0 Å². The number of halogens is 1. The molecule has 30 heavy (non-hydrogen) atoms. The minimum atomic E-state index is -0.285. The van der Waals surface area contributed by atoms with E-state index in [4.69, 9.17) is 4.74 Å². The lowest BCUT2D eigenvalue weighted by atomic mass is 10.2. The van der Waals surface area contributed by atoms with Crippen LogP contribution in [0.2, 0.25) is 0 Å². The van der Waals surface area contributed by atoms with Gasteiger partial charge in [-0.15, -0.1) is 11.3 Å². The Kier molecular flexibility index (Phi) is 6.71. The first kappa shape index (κ1) is 20.5. The van der Waals surface area contributed by atoms with Gasteiger partial charge in [-0.25, -0.2) is 9.37 Å². The van der Waals surface area contributed by atoms with Crippen LogP contribution in [0.25, 0.3) is 10.6 Å². The number of nitrogens with zero attached hydrogens (tertiary/aromatic N) is 3. The Bertz CT molecular complexity index is 971. The predicted octanol–water partition coefficient (Wildman–Crippen LogP) is 3.71. The normalized spacial score (nSPS) is 14.6. The van der Waals surface area contributed by atoms with E-state index in [1.807, 2.05) is 46.7 Å². The second-order valence-corrected chi connectivity index (χ2v) is 8.07. The van der Waals surface area contributed by atoms with Gasteiger partial charge >= 0.3 is 0 Å². The Morgan fingerprint density at radius 1 is 1.07 bits per heavy atom. The molecule has 3 aromatic rings. The zero-order valence-corrected chi connectivity index (χ0v) is 17.5. The molecule has 1 aliphatic rings. The number of carbonyl (C=O) groups excluding carboxylic acids is 1. The van der Waals surface area contributed by atoms with E-state index < -0.39 is 0 Å². The molecular formula is C23H24FN3O2S. The zero-order valence-electron chi connectivity index (χ0n) is 16.7. The van der Waals surface area contributed by atoms with Crippen molar-refractivity contribution in [3.05, 3.63) is 71.5 Å². The maximum Gasteiger partial charge on any atom is 0.228 e. The molecule has 1 aromatic heterocycles. The molecule has 0 atom stereocenters. The second-order valence-electron chi connectivity index (χ2n) is 7.22. The smallest absolute Gasteiger partial charge is 0.228 e. The highest BCUT2D eigenvalue weighted by atomic mass is 32.1. The fourth-order valence-corrected chi connectivity index (χ4v) is 4.26. The largest absolute Gasteiger partial charge is 0.492 e. The van der Waals surface area contributed by atoms with Crippen molar-refractivity contribution < 1.29 is 13.9 Å². The van der Waals surface area contributed by atoms with Gasteiger partial charge in [-0.05, 0) is 24.3 Å². The molecule has 0 N–H and O–H groups in total. The van der Waals surface area contributed by atoms with E-state index in [2.05, 4.69) is 9.88 Å². The van der Waals surface area contributed by atoms with Crippen molar-refractivity contribution in [2.24, 2.45) is 0 Å². The number of aromatic nitrogens is 1. The van der Waals surface area contributed by atoms with Crippen LogP contribution in [0.15, 0.2) is 60.0 Å². The first-order valence-corrected chi connectivity index (χ1v) is 10.9. The number of benzene rings is 2. The van der Waals surface area contributed by atoms with Gasteiger partial charge in [-0.3, -0.25) is 9.69 Å². The van der Waals surface area contributed by atoms with Gasteiger partial charge in [0.15, 0.2) is 0 Å². The van der Waals surface area contributed by atoms with E-state index in [0.29, 0.717) is 19.7 Å². The second kappa shape index (κ2) is 9.82. The monoisotopic (exact) mass is 425 g/mol. The topological polar surface area (TPSA) is 45.7 Å². The highest BCUT2D eigenvalue weighted by molar-refractivity contribution is 7.13. The fraction of sp³-hybridized carbons (Fsp3) is 0.304. The third-order valence-corrected chi connectivity index (χ3v) is 6.04. The number of amides is 1. The van der Waals surface area contributed by atoms with Crippen LogP contribution in [0, 0.1) is 5.82 Å². The number of piperazine rings is 1. The Morgan fingerprint density at radius 3 is 2.63 bits per heavy atom. The van der Waals surface area contributed by atoms with Gasteiger partial charge in [-0.1, -0.05) is 30.3 Å². The minimum absolute atomic E-state index is 0.0891. The molecule has 2 heterocycles. The molecule has 1 aliphatic heterocycles. The number of carbonyl (C=O) groups is 1. The van der Waals surface area contributed by atoms with E-state index in [1.54, 1.807) is 6.07 Å². The maximum atomic E-state index is 13.4. The van der Waals surface area contributed by atoms with E-state index in [0.717, 1.165) is 41.6 Å². The Hall–Kier alpha value is -2.77. The molecule has 0 radical (unpaired) electrons. The zero-order chi connectivity index (χ0) is 20.8. The van der Waals surface area contributed by atoms with Crippen LogP contribution >= 0.6 is 11.3 Å². The summed E-state index contributed by atoms with van der Waals surface area (Å²) in [5, 5.41) is 2.62. The molecule has 0 aliphatic carbocycles. The number of para-hydroxylation sites is 1. The standard InChI is InChI=1S/C23H24FN3O2S/c24-19-6-4-5-18(15-19)23-25-20(17-30-23)16-22(28)27-11-9-26(10-12-27)13-14-29-21-7-2-1-3-8-21/h1-8,15,17H,9-14,16H2. The molecule has 2 aromatic carbocycles. The molecule has 7 heteroatoms. The summed E-state index contributed by atoms with van der Waals surface area (Å²) in [4.78, 5) is 21.4. The highest BCUT2D eigenvalue weighted by Gasteiger charge is 2.22. The van der Waals surface area contributed by atoms with Gasteiger partial charge in [0, 0.05) is 43.7 Å². The van der Waals surface area contributed by atoms with Crippen molar-refractivity contribution in [2.75, 3.05) is 39.3 Å². The van der Waals surface area contributed by atoms with E-state index in [-0.39, 0.29) is 18.1 Å². The van der Waals surface area contributed by atoms with E-state index in [1.165, 1.54) is 23.5 Å². The SMILES string of the molecule is O=C(Cc1csc(-c2cccc(F)c2)n1)N1CCN(CCOc2ccccc2)CC1. The van der Waals surface area contributed by atoms with Crippen molar-refractivity contribution >= 4 is 17.2 Å². The van der Waals surface area contributed by atoms with E-state index in [9.17, 15) is 9.18 Å². The number of ether oxygens (including phenoxy) is 1. The third kappa shape index (κ3) is 5.43. The summed E-state index contributed by atoms with van der Waals surface area (Å²) in [5.74, 6) is 0.686. The van der Waals surface area contributed by atoms with Crippen LogP contribution in [-0.2, 0) is 11.2 Å². The summed E-state index contributed by atoms with van der Waals surface area (Å²) in [6, 6.07) is 16.2. The Labute approximate surface area is 179 Å². The molecule has 1 saturated heterocycles. The molecule has 156 valence electrons. The van der Waals surface area contributed by atoms with Crippen LogP contribution in [-0.4, -0.2) is 60.0 Å². The van der Waals surface area contributed by atoms with Crippen LogP contribution in [0.1, 0.15) is 5.69 Å². The first-order valence-electron chi connectivity index (χ1n) is 10.1. The lowest BCUT2D eigenvalue weighted by molar-refractivity contribution is -0.132. The molecule has 0 spiro atoms. The summed E-state index contributed by atoms with van der Waals surface area (Å²) in [6.07, 6.45) is 0.281. The fourth-order valence-electron chi connectivity index (χ4n) is 3.44. The average molecular weight is 426 g/mol. The molecule has 1 fully saturated rings. The van der Waals surface area contributed by atoms with Gasteiger partial charge < -0.3 is 9.64 Å². The van der Waals surface area contributed by atoms with Crippen molar-refractivity contribution in [1.82, 2.24) is 14.8 Å². The maximum absolute atomic E-state index is 13.4. The van der Waals surface area contributed by atoms with Crippen LogP contribution in [0.3, 0.4) is 0 Å². The summed E-state index contributed by atoms with van der Waals surface area (Å²) in [5.41, 5.74) is 1.48. The van der Waals surface area contributed by atoms with Gasteiger partial charge in [0.25, 0.3) is 0 Å². The molecule has 0 saturated carbocycles. The van der Waals surface area contributed by atoms with Crippen molar-refractivity contribution in [2.45, 2.75) is 6.42 Å². The Balaban J connectivity index is 1.22. The van der Waals surface area contributed by atoms with Crippen LogP contribution in [0.4, 0.5) is 4.39 Å². The summed E-state index contributed by atoms with van der Waals surface area (Å²) in [6.45, 7) is 4.60. The lowest BCUT2D eigenvalue weighted by Crippen LogP contribution is -2.50. The molecule has 0 bridgehead atoms. The molecular weight excluding hydrogens is 401 g/mol. The molecule has 4 rings (SSSR count). The Morgan fingerprint density at radius 2 is 1.87 bits per heavy atom. The number of thiazole rings is 1. The highest BCUT2D eigenvalue weighted by Crippen LogP contribution is 2.24. The van der Waals surface area contributed by atoms with E-state index >= 15 is 0 Å². The van der Waals surface area contributed by atoms with Gasteiger partial charge in [0.05, 0.1) is 12.1 Å². The average Bonchev–Trinajstić information content (AvgIpc) is 3.23. The van der Waals surface area contributed by atoms with Crippen molar-refractivity contribution in [3.63, 3.8) is 0 Å². The van der Waals surface area contributed by atoms with Crippen molar-refractivity contribution in [1.29, 1.82) is 0 Å². The van der Waals surface area contributed by atoms with Gasteiger partial charge in [0.1, 0.15) is 23.2 Å². The number of hydrogen-bond donors (Lipinski definition) is 0. The predicted molar refractivity (Wildman–Crippen MR) is 116 cm³/mol. The number of rotatable bonds is 7. The summed E-state index contributed by atoms with van der Waals surface area (Å²) < 4.78 is 19.2. The van der Waals surface area contributed by atoms with Crippen LogP contribution < -0.4 is 4.74 Å². The summed E-state index contributed by atoms with van der Waals surface area (Å²) in [7, 11) is 0. The third-order valence-electron chi connectivity index (χ3n) is 5.10. The molecule has 0 unspecified atom stereocenters. The minimum Gasteiger partial charge on any atom is -0.492 e. The molecule has 5 nitrogen and oxygen atoms in total. The molecule has 1 amide bonds. The number of hydrogen-bond acceptors (Lipinski definition) is 5. The quantitative estimate of drug-likeness (QED) is 0.579. The summed E-state index contributed by atoms with van der Waals surface area (Å²) >= 11 is 1.44.